The molecule has 1 aromatic carbocycles. The fourth-order valence-corrected chi connectivity index (χ4v) is 3.61. The second-order valence-electron chi connectivity index (χ2n) is 6.04. The molecular formula is C18H23N3O7S. The molecular weight excluding hydrogens is 402 g/mol. The maximum atomic E-state index is 12.5. The first kappa shape index (κ1) is 22.4. The lowest BCUT2D eigenvalue weighted by molar-refractivity contribution is -0.138. The Morgan fingerprint density at radius 1 is 1.17 bits per heavy atom. The van der Waals surface area contributed by atoms with Crippen molar-refractivity contribution in [2.45, 2.75) is 25.7 Å². The first-order valence-electron chi connectivity index (χ1n) is 8.91. The number of ether oxygens (including phenoxy) is 2. The summed E-state index contributed by atoms with van der Waals surface area (Å²) >= 11 is 0. The zero-order valence-corrected chi connectivity index (χ0v) is 17.1. The van der Waals surface area contributed by atoms with E-state index in [9.17, 15) is 22.8 Å². The van der Waals surface area contributed by atoms with Crippen molar-refractivity contribution in [3.63, 3.8) is 0 Å². The van der Waals surface area contributed by atoms with Gasteiger partial charge in [-0.15, -0.1) is 0 Å². The summed E-state index contributed by atoms with van der Waals surface area (Å²) in [6.07, 6.45) is 0. The number of benzene rings is 1. The fourth-order valence-electron chi connectivity index (χ4n) is 2.55. The highest BCUT2D eigenvalue weighted by molar-refractivity contribution is 7.89. The van der Waals surface area contributed by atoms with E-state index in [1.165, 1.54) is 18.2 Å². The van der Waals surface area contributed by atoms with Crippen LogP contribution in [0.2, 0.25) is 0 Å². The normalized spacial score (nSPS) is 14.1. The molecule has 0 atom stereocenters. The van der Waals surface area contributed by atoms with Crippen LogP contribution in [0.4, 0.5) is 4.79 Å². The highest BCUT2D eigenvalue weighted by Gasteiger charge is 2.25. The Hall–Kier alpha value is -2.92. The molecule has 11 heteroatoms. The second kappa shape index (κ2) is 9.52. The number of rotatable bonds is 8. The van der Waals surface area contributed by atoms with E-state index in [1.54, 1.807) is 20.8 Å². The van der Waals surface area contributed by atoms with E-state index in [0.29, 0.717) is 5.56 Å². The lowest BCUT2D eigenvalue weighted by Gasteiger charge is -2.21. The highest BCUT2D eigenvalue weighted by atomic mass is 32.2. The Morgan fingerprint density at radius 3 is 2.55 bits per heavy atom. The number of amides is 2. The minimum atomic E-state index is -3.75. The van der Waals surface area contributed by atoms with Gasteiger partial charge in [-0.3, -0.25) is 0 Å². The minimum absolute atomic E-state index is 0.0579. The van der Waals surface area contributed by atoms with Gasteiger partial charge in [0.15, 0.2) is 0 Å². The number of carbonyl (C=O) groups excluding carboxylic acids is 3. The number of nitrogens with one attached hydrogen (secondary N) is 3. The molecule has 0 aromatic heterocycles. The minimum Gasteiger partial charge on any atom is -0.463 e. The molecule has 0 saturated heterocycles. The smallest absolute Gasteiger partial charge is 0.338 e. The maximum Gasteiger partial charge on any atom is 0.338 e. The van der Waals surface area contributed by atoms with E-state index in [-0.39, 0.29) is 48.0 Å². The van der Waals surface area contributed by atoms with Crippen molar-refractivity contribution in [2.24, 2.45) is 0 Å². The van der Waals surface area contributed by atoms with E-state index in [2.05, 4.69) is 15.4 Å². The lowest BCUT2D eigenvalue weighted by Crippen LogP contribution is -2.45. The van der Waals surface area contributed by atoms with Crippen LogP contribution in [0.1, 0.15) is 29.8 Å². The monoisotopic (exact) mass is 425 g/mol. The molecule has 3 N–H and O–H groups in total. The van der Waals surface area contributed by atoms with Gasteiger partial charge in [-0.05, 0) is 31.5 Å². The van der Waals surface area contributed by atoms with Crippen LogP contribution in [0.3, 0.4) is 0 Å². The van der Waals surface area contributed by atoms with Crippen LogP contribution in [-0.4, -0.2) is 52.7 Å². The topological polar surface area (TPSA) is 140 Å². The van der Waals surface area contributed by atoms with E-state index in [4.69, 9.17) is 9.47 Å². The van der Waals surface area contributed by atoms with Crippen LogP contribution in [0.25, 0.3) is 0 Å². The average Bonchev–Trinajstić information content (AvgIpc) is 2.66. The largest absolute Gasteiger partial charge is 0.463 e. The summed E-state index contributed by atoms with van der Waals surface area (Å²) in [5.41, 5.74) is 0.816. The van der Waals surface area contributed by atoms with E-state index in [1.807, 2.05) is 0 Å². The molecule has 29 heavy (non-hydrogen) atoms. The summed E-state index contributed by atoms with van der Waals surface area (Å²) in [5.74, 6) is -1.43. The highest BCUT2D eigenvalue weighted by Crippen LogP contribution is 2.17. The second-order valence-corrected chi connectivity index (χ2v) is 7.81. The number of carbonyl (C=O) groups is 3. The zero-order valence-electron chi connectivity index (χ0n) is 16.3. The Kier molecular flexibility index (Phi) is 7.35. The van der Waals surface area contributed by atoms with Crippen LogP contribution >= 0.6 is 0 Å². The Morgan fingerprint density at radius 2 is 1.90 bits per heavy atom. The molecule has 0 aliphatic carbocycles. The van der Waals surface area contributed by atoms with Crippen molar-refractivity contribution >= 4 is 28.0 Å². The number of urea groups is 1. The van der Waals surface area contributed by atoms with Gasteiger partial charge in [0.25, 0.3) is 0 Å². The van der Waals surface area contributed by atoms with Crippen LogP contribution in [0, 0.1) is 6.92 Å². The van der Waals surface area contributed by atoms with Crippen LogP contribution in [0.15, 0.2) is 34.4 Å². The van der Waals surface area contributed by atoms with Crippen LogP contribution in [-0.2, 0) is 24.3 Å². The number of hydrogen-bond acceptors (Lipinski definition) is 7. The van der Waals surface area contributed by atoms with Crippen molar-refractivity contribution < 1.29 is 32.3 Å². The molecule has 1 heterocycles. The number of sulfonamides is 1. The van der Waals surface area contributed by atoms with E-state index < -0.39 is 28.0 Å². The van der Waals surface area contributed by atoms with Crippen molar-refractivity contribution in [1.82, 2.24) is 15.4 Å². The zero-order chi connectivity index (χ0) is 21.6. The summed E-state index contributed by atoms with van der Waals surface area (Å²) in [6.45, 7) is 4.82. The standard InChI is InChI=1S/C18H23N3O7S/c1-4-20-29(25,26)12-7-6-11(3)13(8-12)16(22)28-10-15-14(17(23)27-5-2)9-19-18(24)21-15/h6-8,20H,4-5,9-10H2,1-3H3,(H2,19,21,24). The molecule has 0 fully saturated rings. The molecule has 0 bridgehead atoms. The molecule has 2 amide bonds. The SMILES string of the molecule is CCNS(=O)(=O)c1ccc(C)c(C(=O)OCC2=C(C(=O)OCC)CNC(=O)N2)c1. The van der Waals surface area contributed by atoms with Gasteiger partial charge in [0.2, 0.25) is 10.0 Å². The maximum absolute atomic E-state index is 12.5. The summed E-state index contributed by atoms with van der Waals surface area (Å²) in [4.78, 5) is 36.0. The van der Waals surface area contributed by atoms with Gasteiger partial charge in [0.05, 0.1) is 34.9 Å². The van der Waals surface area contributed by atoms with Crippen molar-refractivity contribution in [1.29, 1.82) is 0 Å². The first-order chi connectivity index (χ1) is 13.7. The molecule has 158 valence electrons. The van der Waals surface area contributed by atoms with Gasteiger partial charge in [-0.25, -0.2) is 27.5 Å². The average molecular weight is 425 g/mol. The third-order valence-corrected chi connectivity index (χ3v) is 5.54. The third-order valence-electron chi connectivity index (χ3n) is 4.00. The van der Waals surface area contributed by atoms with Gasteiger partial charge in [-0.2, -0.15) is 0 Å². The quantitative estimate of drug-likeness (QED) is 0.518. The molecule has 1 aliphatic rings. The van der Waals surface area contributed by atoms with Crippen molar-refractivity contribution in [3.8, 4) is 0 Å². The van der Waals surface area contributed by atoms with Crippen LogP contribution in [0.5, 0.6) is 0 Å². The number of esters is 2. The predicted molar refractivity (Wildman–Crippen MR) is 103 cm³/mol. The summed E-state index contributed by atoms with van der Waals surface area (Å²) in [6, 6.07) is 3.56. The van der Waals surface area contributed by atoms with Gasteiger partial charge in [0, 0.05) is 6.54 Å². The van der Waals surface area contributed by atoms with E-state index >= 15 is 0 Å². The molecule has 0 unspecified atom stereocenters. The summed E-state index contributed by atoms with van der Waals surface area (Å²) < 4.78 is 36.8. The molecule has 0 saturated carbocycles. The van der Waals surface area contributed by atoms with Crippen molar-refractivity contribution in [3.05, 3.63) is 40.6 Å². The van der Waals surface area contributed by atoms with Gasteiger partial charge >= 0.3 is 18.0 Å². The Balaban J connectivity index is 2.23. The Bertz CT molecular complexity index is 954. The fraction of sp³-hybridized carbons (Fsp3) is 0.389. The Labute approximate surface area is 168 Å². The van der Waals surface area contributed by atoms with Gasteiger partial charge in [0.1, 0.15) is 6.61 Å². The van der Waals surface area contributed by atoms with Crippen molar-refractivity contribution in [2.75, 3.05) is 26.3 Å². The van der Waals surface area contributed by atoms with E-state index in [0.717, 1.165) is 0 Å². The number of aryl methyl sites for hydroxylation is 1. The molecule has 1 aliphatic heterocycles. The molecule has 0 spiro atoms. The number of hydrogen-bond donors (Lipinski definition) is 3. The molecule has 0 radical (unpaired) electrons. The van der Waals surface area contributed by atoms with Gasteiger partial charge in [-0.1, -0.05) is 13.0 Å². The molecule has 1 aromatic rings. The predicted octanol–water partition coefficient (Wildman–Crippen LogP) is 0.580. The van der Waals surface area contributed by atoms with Gasteiger partial charge < -0.3 is 20.1 Å². The molecule has 10 nitrogen and oxygen atoms in total. The van der Waals surface area contributed by atoms with Crippen LogP contribution < -0.4 is 15.4 Å². The summed E-state index contributed by atoms with van der Waals surface area (Å²) in [7, 11) is -3.75. The third kappa shape index (κ3) is 5.55. The first-order valence-corrected chi connectivity index (χ1v) is 10.4. The summed E-state index contributed by atoms with van der Waals surface area (Å²) in [5, 5.41) is 4.87. The molecule has 2 rings (SSSR count). The lowest BCUT2D eigenvalue weighted by atomic mass is 10.1.